The van der Waals surface area contributed by atoms with Crippen LogP contribution in [-0.4, -0.2) is 16.0 Å². The van der Waals surface area contributed by atoms with Gasteiger partial charge in [0.1, 0.15) is 0 Å². The molecule has 0 spiro atoms. The molecule has 0 bridgehead atoms. The monoisotopic (exact) mass is 300 g/mol. The number of pyridine rings is 2. The summed E-state index contributed by atoms with van der Waals surface area (Å²) in [5.74, 6) is 0. The van der Waals surface area contributed by atoms with Crippen LogP contribution in [0.4, 0.5) is 4.79 Å². The van der Waals surface area contributed by atoms with Gasteiger partial charge >= 0.3 is 6.03 Å². The van der Waals surface area contributed by atoms with Crippen LogP contribution in [0.25, 0.3) is 0 Å². The van der Waals surface area contributed by atoms with Gasteiger partial charge in [0.2, 0.25) is 0 Å². The summed E-state index contributed by atoms with van der Waals surface area (Å²) in [5.41, 5.74) is 2.84. The molecular weight excluding hydrogens is 280 g/mol. The van der Waals surface area contributed by atoms with E-state index in [4.69, 9.17) is 0 Å². The number of carbonyl (C=O) groups is 1. The Kier molecular flexibility index (Phi) is 4.93. The van der Waals surface area contributed by atoms with Crippen LogP contribution in [0.3, 0.4) is 0 Å². The summed E-state index contributed by atoms with van der Waals surface area (Å²) in [6, 6.07) is 6.87. The lowest BCUT2D eigenvalue weighted by molar-refractivity contribution is 0.237. The van der Waals surface area contributed by atoms with Gasteiger partial charge in [0.15, 0.2) is 0 Å². The minimum absolute atomic E-state index is 0.171. The van der Waals surface area contributed by atoms with Crippen molar-refractivity contribution in [2.24, 2.45) is 0 Å². The van der Waals surface area contributed by atoms with Gasteiger partial charge in [0, 0.05) is 17.5 Å². The Morgan fingerprint density at radius 3 is 2.77 bits per heavy atom. The number of aromatic amines is 1. The van der Waals surface area contributed by atoms with E-state index in [0.29, 0.717) is 5.56 Å². The molecular formula is C16H20N4O2. The molecule has 1 atom stereocenters. The number of hydrogen-bond donors (Lipinski definition) is 3. The van der Waals surface area contributed by atoms with Crippen molar-refractivity contribution < 1.29 is 4.79 Å². The number of amides is 2. The van der Waals surface area contributed by atoms with Gasteiger partial charge in [-0.25, -0.2) is 4.79 Å². The van der Waals surface area contributed by atoms with Crippen LogP contribution in [0.1, 0.15) is 35.5 Å². The van der Waals surface area contributed by atoms with Crippen molar-refractivity contribution in [3.63, 3.8) is 0 Å². The second kappa shape index (κ2) is 6.89. The third kappa shape index (κ3) is 3.94. The van der Waals surface area contributed by atoms with Crippen LogP contribution in [0.2, 0.25) is 0 Å². The average molecular weight is 300 g/mol. The molecule has 6 heteroatoms. The first-order valence-corrected chi connectivity index (χ1v) is 7.12. The number of carbonyl (C=O) groups excluding carboxylic acids is 1. The minimum Gasteiger partial charge on any atom is -0.334 e. The molecule has 3 N–H and O–H groups in total. The topological polar surface area (TPSA) is 86.9 Å². The molecule has 2 rings (SSSR count). The first kappa shape index (κ1) is 15.8. The van der Waals surface area contributed by atoms with Crippen LogP contribution in [0.15, 0.2) is 35.3 Å². The standard InChI is InChI=1S/C16H20N4O2/c1-10-8-11(2)19-15(21)13(10)9-18-16(22)20-12(3)14-6-4-5-7-17-14/h4-8,12H,9H2,1-3H3,(H,19,21)(H2,18,20,22)/t12-/m1/s1. The highest BCUT2D eigenvalue weighted by Gasteiger charge is 2.11. The molecule has 0 aliphatic rings. The van der Waals surface area contributed by atoms with E-state index < -0.39 is 0 Å². The molecule has 2 aromatic rings. The maximum atomic E-state index is 11.9. The first-order chi connectivity index (χ1) is 10.5. The highest BCUT2D eigenvalue weighted by Crippen LogP contribution is 2.07. The van der Waals surface area contributed by atoms with Crippen molar-refractivity contribution in [2.45, 2.75) is 33.4 Å². The van der Waals surface area contributed by atoms with Crippen LogP contribution in [0.5, 0.6) is 0 Å². The van der Waals surface area contributed by atoms with E-state index in [0.717, 1.165) is 17.0 Å². The third-order valence-corrected chi connectivity index (χ3v) is 3.40. The number of urea groups is 1. The number of rotatable bonds is 4. The SMILES string of the molecule is Cc1cc(C)c(CNC(=O)N[C@H](C)c2ccccn2)c(=O)[nH]1. The van der Waals surface area contributed by atoms with Crippen molar-refractivity contribution >= 4 is 6.03 Å². The Hall–Kier alpha value is -2.63. The fourth-order valence-corrected chi connectivity index (χ4v) is 2.22. The predicted molar refractivity (Wildman–Crippen MR) is 84.6 cm³/mol. The van der Waals surface area contributed by atoms with Crippen molar-refractivity contribution in [1.29, 1.82) is 0 Å². The molecule has 0 fully saturated rings. The lowest BCUT2D eigenvalue weighted by Gasteiger charge is -2.14. The summed E-state index contributed by atoms with van der Waals surface area (Å²) in [6.45, 7) is 5.72. The second-order valence-electron chi connectivity index (χ2n) is 5.25. The summed E-state index contributed by atoms with van der Waals surface area (Å²) in [6.07, 6.45) is 1.68. The number of nitrogens with zero attached hydrogens (tertiary/aromatic N) is 1. The molecule has 6 nitrogen and oxygen atoms in total. The summed E-state index contributed by atoms with van der Waals surface area (Å²) in [5, 5.41) is 5.49. The molecule has 22 heavy (non-hydrogen) atoms. The molecule has 0 aliphatic carbocycles. The molecule has 0 saturated heterocycles. The Morgan fingerprint density at radius 1 is 1.36 bits per heavy atom. The lowest BCUT2D eigenvalue weighted by Crippen LogP contribution is -2.38. The maximum absolute atomic E-state index is 11.9. The van der Waals surface area contributed by atoms with E-state index >= 15 is 0 Å². The highest BCUT2D eigenvalue weighted by atomic mass is 16.2. The molecule has 2 amide bonds. The molecule has 2 heterocycles. The fraction of sp³-hybridized carbons (Fsp3) is 0.312. The van der Waals surface area contributed by atoms with Gasteiger partial charge in [-0.15, -0.1) is 0 Å². The fourth-order valence-electron chi connectivity index (χ4n) is 2.22. The number of H-pyrrole nitrogens is 1. The molecule has 0 aliphatic heterocycles. The van der Waals surface area contributed by atoms with Crippen LogP contribution in [0, 0.1) is 13.8 Å². The van der Waals surface area contributed by atoms with Crippen molar-refractivity contribution in [2.75, 3.05) is 0 Å². The largest absolute Gasteiger partial charge is 0.334 e. The Bertz CT molecular complexity index is 710. The van der Waals surface area contributed by atoms with Gasteiger partial charge < -0.3 is 15.6 Å². The zero-order valence-corrected chi connectivity index (χ0v) is 12.9. The minimum atomic E-state index is -0.336. The molecule has 0 aromatic carbocycles. The second-order valence-corrected chi connectivity index (χ2v) is 5.25. The Balaban J connectivity index is 1.95. The maximum Gasteiger partial charge on any atom is 0.315 e. The van der Waals surface area contributed by atoms with Crippen molar-refractivity contribution in [1.82, 2.24) is 20.6 Å². The normalized spacial score (nSPS) is 11.8. The number of hydrogen-bond acceptors (Lipinski definition) is 3. The van der Waals surface area contributed by atoms with E-state index in [9.17, 15) is 9.59 Å². The predicted octanol–water partition coefficient (Wildman–Crippen LogP) is 1.95. The van der Waals surface area contributed by atoms with Crippen LogP contribution < -0.4 is 16.2 Å². The quantitative estimate of drug-likeness (QED) is 0.806. The van der Waals surface area contributed by atoms with E-state index in [-0.39, 0.29) is 24.2 Å². The zero-order valence-electron chi connectivity index (χ0n) is 12.9. The van der Waals surface area contributed by atoms with Gasteiger partial charge in [-0.1, -0.05) is 6.07 Å². The van der Waals surface area contributed by atoms with Gasteiger partial charge in [0.05, 0.1) is 18.3 Å². The zero-order chi connectivity index (χ0) is 16.1. The summed E-state index contributed by atoms with van der Waals surface area (Å²) in [7, 11) is 0. The van der Waals surface area contributed by atoms with Crippen molar-refractivity contribution in [3.8, 4) is 0 Å². The number of aromatic nitrogens is 2. The smallest absolute Gasteiger partial charge is 0.315 e. The molecule has 0 unspecified atom stereocenters. The van der Waals surface area contributed by atoms with Gasteiger partial charge in [-0.3, -0.25) is 9.78 Å². The first-order valence-electron chi connectivity index (χ1n) is 7.12. The average Bonchev–Trinajstić information content (AvgIpc) is 2.47. The number of aryl methyl sites for hydroxylation is 2. The molecule has 0 saturated carbocycles. The number of nitrogens with one attached hydrogen (secondary N) is 3. The van der Waals surface area contributed by atoms with Gasteiger partial charge in [0.25, 0.3) is 5.56 Å². The van der Waals surface area contributed by atoms with Crippen molar-refractivity contribution in [3.05, 3.63) is 63.3 Å². The van der Waals surface area contributed by atoms with E-state index in [2.05, 4.69) is 20.6 Å². The van der Waals surface area contributed by atoms with E-state index in [1.54, 1.807) is 6.20 Å². The van der Waals surface area contributed by atoms with Gasteiger partial charge in [-0.05, 0) is 44.5 Å². The van der Waals surface area contributed by atoms with Crippen LogP contribution >= 0.6 is 0 Å². The van der Waals surface area contributed by atoms with Gasteiger partial charge in [-0.2, -0.15) is 0 Å². The summed E-state index contributed by atoms with van der Waals surface area (Å²) in [4.78, 5) is 30.7. The van der Waals surface area contributed by atoms with E-state index in [1.165, 1.54) is 0 Å². The lowest BCUT2D eigenvalue weighted by atomic mass is 10.1. The third-order valence-electron chi connectivity index (χ3n) is 3.40. The molecule has 0 radical (unpaired) electrons. The summed E-state index contributed by atoms with van der Waals surface area (Å²) >= 11 is 0. The highest BCUT2D eigenvalue weighted by molar-refractivity contribution is 5.74. The van der Waals surface area contributed by atoms with E-state index in [1.807, 2.05) is 45.0 Å². The Morgan fingerprint density at radius 2 is 2.14 bits per heavy atom. The Labute approximate surface area is 129 Å². The molecule has 2 aromatic heterocycles. The molecule has 116 valence electrons. The summed E-state index contributed by atoms with van der Waals surface area (Å²) < 4.78 is 0. The van der Waals surface area contributed by atoms with Crippen LogP contribution in [-0.2, 0) is 6.54 Å².